The number of benzene rings is 1. The maximum absolute atomic E-state index is 11.4. The van der Waals surface area contributed by atoms with Crippen LogP contribution in [0.1, 0.15) is 5.69 Å². The lowest BCUT2D eigenvalue weighted by molar-refractivity contribution is 0.199. The summed E-state index contributed by atoms with van der Waals surface area (Å²) in [5, 5.41) is 7.13. The van der Waals surface area contributed by atoms with Gasteiger partial charge in [-0.3, -0.25) is 0 Å². The molecule has 0 atom stereocenters. The minimum absolute atomic E-state index is 0.284. The summed E-state index contributed by atoms with van der Waals surface area (Å²) in [6.07, 6.45) is 1.18. The van der Waals surface area contributed by atoms with E-state index in [2.05, 4.69) is 10.5 Å². The van der Waals surface area contributed by atoms with Gasteiger partial charge in [-0.05, 0) is 24.3 Å². The summed E-state index contributed by atoms with van der Waals surface area (Å²) in [7, 11) is -1.53. The monoisotopic (exact) mass is 310 g/mol. The number of nitrogens with zero attached hydrogens (tertiary/aromatic N) is 1. The van der Waals surface area contributed by atoms with Crippen molar-refractivity contribution in [3.8, 4) is 11.3 Å². The van der Waals surface area contributed by atoms with Gasteiger partial charge in [-0.2, -0.15) is 0 Å². The highest BCUT2D eigenvalue weighted by Crippen LogP contribution is 2.22. The van der Waals surface area contributed by atoms with Crippen LogP contribution >= 0.6 is 0 Å². The Hall–Kier alpha value is -1.70. The van der Waals surface area contributed by atoms with E-state index in [9.17, 15) is 8.42 Å². The van der Waals surface area contributed by atoms with Gasteiger partial charge in [0.05, 0.1) is 17.2 Å². The number of hydrogen-bond acceptors (Lipinski definition) is 6. The van der Waals surface area contributed by atoms with Crippen molar-refractivity contribution in [2.75, 3.05) is 26.5 Å². The first kappa shape index (κ1) is 15.7. The fraction of sp³-hybridized carbons (Fsp3) is 0.357. The first-order valence-electron chi connectivity index (χ1n) is 6.46. The summed E-state index contributed by atoms with van der Waals surface area (Å²) in [6, 6.07) is 8.36. The van der Waals surface area contributed by atoms with E-state index in [1.165, 1.54) is 6.26 Å². The highest BCUT2D eigenvalue weighted by Gasteiger charge is 2.10. The highest BCUT2D eigenvalue weighted by atomic mass is 32.2. The highest BCUT2D eigenvalue weighted by molar-refractivity contribution is 7.90. The molecule has 2 rings (SSSR count). The van der Waals surface area contributed by atoms with Crippen LogP contribution in [-0.2, 0) is 21.1 Å². The number of sulfone groups is 1. The third-order valence-corrected chi connectivity index (χ3v) is 4.04. The molecule has 21 heavy (non-hydrogen) atoms. The summed E-state index contributed by atoms with van der Waals surface area (Å²) in [5.74, 6) is 0.610. The average molecular weight is 310 g/mol. The molecule has 7 heteroatoms. The Kier molecular flexibility index (Phi) is 5.11. The summed E-state index contributed by atoms with van der Waals surface area (Å²) in [6.45, 7) is 1.97. The van der Waals surface area contributed by atoms with Gasteiger partial charge in [0.1, 0.15) is 0 Å². The van der Waals surface area contributed by atoms with E-state index in [1.54, 1.807) is 31.4 Å². The second-order valence-electron chi connectivity index (χ2n) is 4.65. The van der Waals surface area contributed by atoms with E-state index in [1.807, 2.05) is 6.07 Å². The number of nitrogens with one attached hydrogen (secondary N) is 1. The lowest BCUT2D eigenvalue weighted by Crippen LogP contribution is -2.18. The maximum Gasteiger partial charge on any atom is 0.175 e. The van der Waals surface area contributed by atoms with Crippen LogP contribution in [-0.4, -0.2) is 40.1 Å². The molecule has 0 amide bonds. The second-order valence-corrected chi connectivity index (χ2v) is 6.66. The van der Waals surface area contributed by atoms with Crippen LogP contribution < -0.4 is 5.32 Å². The molecule has 1 heterocycles. The Morgan fingerprint density at radius 1 is 1.29 bits per heavy atom. The van der Waals surface area contributed by atoms with E-state index in [0.29, 0.717) is 18.9 Å². The molecular weight excluding hydrogens is 292 g/mol. The van der Waals surface area contributed by atoms with Crippen molar-refractivity contribution < 1.29 is 17.7 Å². The number of ether oxygens (including phenoxy) is 1. The Morgan fingerprint density at radius 2 is 2.00 bits per heavy atom. The van der Waals surface area contributed by atoms with Crippen LogP contribution in [0.4, 0.5) is 0 Å². The smallest absolute Gasteiger partial charge is 0.175 e. The summed E-state index contributed by atoms with van der Waals surface area (Å²) in [5.41, 5.74) is 1.58. The van der Waals surface area contributed by atoms with Gasteiger partial charge in [-0.25, -0.2) is 8.42 Å². The van der Waals surface area contributed by atoms with Crippen molar-refractivity contribution in [2.45, 2.75) is 11.4 Å². The van der Waals surface area contributed by atoms with E-state index < -0.39 is 9.84 Å². The maximum atomic E-state index is 11.4. The Labute approximate surface area is 124 Å². The largest absolute Gasteiger partial charge is 0.383 e. The number of rotatable bonds is 7. The fourth-order valence-electron chi connectivity index (χ4n) is 1.79. The van der Waals surface area contributed by atoms with Crippen LogP contribution in [0.5, 0.6) is 0 Å². The van der Waals surface area contributed by atoms with E-state index in [4.69, 9.17) is 9.26 Å². The van der Waals surface area contributed by atoms with Crippen LogP contribution in [0.15, 0.2) is 39.8 Å². The van der Waals surface area contributed by atoms with Crippen LogP contribution in [0, 0.1) is 0 Å². The predicted molar refractivity (Wildman–Crippen MR) is 78.6 cm³/mol. The fourth-order valence-corrected chi connectivity index (χ4v) is 2.42. The first-order valence-corrected chi connectivity index (χ1v) is 8.35. The molecule has 0 aliphatic rings. The summed E-state index contributed by atoms with van der Waals surface area (Å²) >= 11 is 0. The molecule has 0 radical (unpaired) electrons. The van der Waals surface area contributed by atoms with Crippen LogP contribution in [0.2, 0.25) is 0 Å². The molecule has 6 nitrogen and oxygen atoms in total. The number of hydrogen-bond donors (Lipinski definition) is 1. The lowest BCUT2D eigenvalue weighted by atomic mass is 10.1. The van der Waals surface area contributed by atoms with Crippen LogP contribution in [0.25, 0.3) is 11.3 Å². The second kappa shape index (κ2) is 6.84. The van der Waals surface area contributed by atoms with Gasteiger partial charge in [-0.1, -0.05) is 5.16 Å². The zero-order chi connectivity index (χ0) is 15.3. The molecule has 0 unspecified atom stereocenters. The third kappa shape index (κ3) is 4.38. The lowest BCUT2D eigenvalue weighted by Gasteiger charge is -2.00. The topological polar surface area (TPSA) is 81.4 Å². The first-order chi connectivity index (χ1) is 10.0. The molecule has 2 aromatic rings. The molecule has 0 aliphatic heterocycles. The molecule has 0 bridgehead atoms. The quantitative estimate of drug-likeness (QED) is 0.780. The zero-order valence-electron chi connectivity index (χ0n) is 12.0. The average Bonchev–Trinajstić information content (AvgIpc) is 2.92. The third-order valence-electron chi connectivity index (χ3n) is 2.92. The molecule has 1 aromatic carbocycles. The van der Waals surface area contributed by atoms with Crippen molar-refractivity contribution in [3.63, 3.8) is 0 Å². The summed E-state index contributed by atoms with van der Waals surface area (Å²) in [4.78, 5) is 0.284. The summed E-state index contributed by atoms with van der Waals surface area (Å²) < 4.78 is 33.0. The number of methoxy groups -OCH3 is 1. The van der Waals surface area contributed by atoms with Crippen molar-refractivity contribution in [2.24, 2.45) is 0 Å². The van der Waals surface area contributed by atoms with Gasteiger partial charge in [0.15, 0.2) is 15.6 Å². The van der Waals surface area contributed by atoms with Gasteiger partial charge in [-0.15, -0.1) is 0 Å². The van der Waals surface area contributed by atoms with Crippen LogP contribution in [0.3, 0.4) is 0 Å². The Balaban J connectivity index is 2.04. The van der Waals surface area contributed by atoms with Gasteiger partial charge >= 0.3 is 0 Å². The molecule has 1 aromatic heterocycles. The van der Waals surface area contributed by atoms with Gasteiger partial charge in [0.25, 0.3) is 0 Å². The molecular formula is C14H18N2O4S. The van der Waals surface area contributed by atoms with Crippen molar-refractivity contribution in [3.05, 3.63) is 36.0 Å². The normalized spacial score (nSPS) is 11.7. The molecule has 0 spiro atoms. The minimum atomic E-state index is -3.18. The van der Waals surface area contributed by atoms with Crippen molar-refractivity contribution >= 4 is 9.84 Å². The van der Waals surface area contributed by atoms with E-state index in [0.717, 1.165) is 17.8 Å². The van der Waals surface area contributed by atoms with E-state index >= 15 is 0 Å². The van der Waals surface area contributed by atoms with E-state index in [-0.39, 0.29) is 4.90 Å². The van der Waals surface area contributed by atoms with Gasteiger partial charge < -0.3 is 14.6 Å². The zero-order valence-corrected chi connectivity index (χ0v) is 12.8. The van der Waals surface area contributed by atoms with Crippen molar-refractivity contribution in [1.29, 1.82) is 0 Å². The molecule has 0 aliphatic carbocycles. The minimum Gasteiger partial charge on any atom is -0.383 e. The van der Waals surface area contributed by atoms with Gasteiger partial charge in [0.2, 0.25) is 0 Å². The molecule has 0 saturated heterocycles. The predicted octanol–water partition coefficient (Wildman–Crippen LogP) is 1.48. The number of aromatic nitrogens is 1. The van der Waals surface area contributed by atoms with Gasteiger partial charge in [0, 0.05) is 38.1 Å². The molecule has 0 fully saturated rings. The molecule has 0 saturated carbocycles. The molecule has 1 N–H and O–H groups in total. The standard InChI is InChI=1S/C14H18N2O4S/c1-19-8-7-15-10-12-9-14(20-16-12)11-3-5-13(6-4-11)21(2,17)18/h3-6,9,15H,7-8,10H2,1-2H3. The Bertz CT molecular complexity index is 677. The Morgan fingerprint density at radius 3 is 2.62 bits per heavy atom. The molecule has 114 valence electrons. The van der Waals surface area contributed by atoms with Crippen molar-refractivity contribution in [1.82, 2.24) is 10.5 Å². The SMILES string of the molecule is COCCNCc1cc(-c2ccc(S(C)(=O)=O)cc2)on1.